The highest BCUT2D eigenvalue weighted by molar-refractivity contribution is 6.30. The molecule has 1 unspecified atom stereocenters. The number of rotatable bonds is 5. The van der Waals surface area contributed by atoms with Crippen LogP contribution in [-0.4, -0.2) is 44.2 Å². The van der Waals surface area contributed by atoms with Crippen molar-refractivity contribution in [3.63, 3.8) is 0 Å². The molecule has 0 radical (unpaired) electrons. The van der Waals surface area contributed by atoms with Crippen molar-refractivity contribution in [2.75, 3.05) is 33.3 Å². The minimum absolute atomic E-state index is 0.651. The zero-order valence-electron chi connectivity index (χ0n) is 10.2. The smallest absolute Gasteiger partial charge is 0.120 e. The maximum atomic E-state index is 5.89. The maximum absolute atomic E-state index is 5.89. The van der Waals surface area contributed by atoms with E-state index in [0.29, 0.717) is 12.6 Å². The van der Waals surface area contributed by atoms with Gasteiger partial charge in [-0.25, -0.2) is 0 Å². The Bertz CT molecular complexity index is 353. The number of hydrogen-bond acceptors (Lipinski definition) is 3. The molecule has 1 aliphatic rings. The predicted octanol–water partition coefficient (Wildman–Crippen LogP) is 2.01. The van der Waals surface area contributed by atoms with Crippen LogP contribution in [0, 0.1) is 0 Å². The Balaban J connectivity index is 1.71. The van der Waals surface area contributed by atoms with Crippen LogP contribution in [0.3, 0.4) is 0 Å². The summed E-state index contributed by atoms with van der Waals surface area (Å²) in [7, 11) is 2.15. The number of nitrogens with one attached hydrogen (secondary N) is 1. The molecule has 1 N–H and O–H groups in total. The standard InChI is InChI=1S/C13H19ClN2O/c1-16(12-5-6-15-10-12)7-8-17-13-4-2-3-11(14)9-13/h2-4,9,12,15H,5-8,10H2,1H3. The van der Waals surface area contributed by atoms with Gasteiger partial charge in [-0.1, -0.05) is 17.7 Å². The molecule has 3 nitrogen and oxygen atoms in total. The molecule has 0 aliphatic carbocycles. The molecule has 1 fully saturated rings. The summed E-state index contributed by atoms with van der Waals surface area (Å²) in [6, 6.07) is 8.19. The van der Waals surface area contributed by atoms with Gasteiger partial charge in [0.05, 0.1) is 0 Å². The van der Waals surface area contributed by atoms with E-state index in [2.05, 4.69) is 17.3 Å². The summed E-state index contributed by atoms with van der Waals surface area (Å²) in [6.45, 7) is 3.87. The van der Waals surface area contributed by atoms with Crippen molar-refractivity contribution in [3.8, 4) is 5.75 Å². The first-order valence-electron chi connectivity index (χ1n) is 6.05. The van der Waals surface area contributed by atoms with Gasteiger partial charge < -0.3 is 10.1 Å². The highest BCUT2D eigenvalue weighted by atomic mass is 35.5. The minimum atomic E-state index is 0.651. The second-order valence-electron chi connectivity index (χ2n) is 4.43. The third-order valence-electron chi connectivity index (χ3n) is 3.17. The Morgan fingerprint density at radius 3 is 3.12 bits per heavy atom. The Labute approximate surface area is 108 Å². The SMILES string of the molecule is CN(CCOc1cccc(Cl)c1)C1CCNC1. The van der Waals surface area contributed by atoms with Crippen molar-refractivity contribution in [1.82, 2.24) is 10.2 Å². The van der Waals surface area contributed by atoms with Crippen molar-refractivity contribution in [1.29, 1.82) is 0 Å². The molecular formula is C13H19ClN2O. The van der Waals surface area contributed by atoms with Crippen LogP contribution in [0.15, 0.2) is 24.3 Å². The second-order valence-corrected chi connectivity index (χ2v) is 4.87. The normalized spacial score (nSPS) is 19.8. The van der Waals surface area contributed by atoms with Crippen LogP contribution in [0.1, 0.15) is 6.42 Å². The molecular weight excluding hydrogens is 236 g/mol. The van der Waals surface area contributed by atoms with E-state index in [1.165, 1.54) is 6.42 Å². The third kappa shape index (κ3) is 3.87. The lowest BCUT2D eigenvalue weighted by Gasteiger charge is -2.23. The molecule has 0 spiro atoms. The van der Waals surface area contributed by atoms with E-state index < -0.39 is 0 Å². The average molecular weight is 255 g/mol. The van der Waals surface area contributed by atoms with Crippen LogP contribution < -0.4 is 10.1 Å². The quantitative estimate of drug-likeness (QED) is 0.870. The predicted molar refractivity (Wildman–Crippen MR) is 70.9 cm³/mol. The van der Waals surface area contributed by atoms with E-state index in [0.717, 1.165) is 30.4 Å². The fourth-order valence-corrected chi connectivity index (χ4v) is 2.24. The van der Waals surface area contributed by atoms with Crippen molar-refractivity contribution >= 4 is 11.6 Å². The molecule has 94 valence electrons. The van der Waals surface area contributed by atoms with Crippen LogP contribution in [0.4, 0.5) is 0 Å². The number of benzene rings is 1. The zero-order chi connectivity index (χ0) is 12.1. The zero-order valence-corrected chi connectivity index (χ0v) is 10.9. The third-order valence-corrected chi connectivity index (χ3v) is 3.40. The summed E-state index contributed by atoms with van der Waals surface area (Å²) in [4.78, 5) is 2.35. The molecule has 1 saturated heterocycles. The van der Waals surface area contributed by atoms with E-state index >= 15 is 0 Å². The highest BCUT2D eigenvalue weighted by Crippen LogP contribution is 2.17. The topological polar surface area (TPSA) is 24.5 Å². The van der Waals surface area contributed by atoms with Crippen LogP contribution >= 0.6 is 11.6 Å². The summed E-state index contributed by atoms with van der Waals surface area (Å²) in [5.41, 5.74) is 0. The number of halogens is 1. The van der Waals surface area contributed by atoms with Gasteiger partial charge in [-0.2, -0.15) is 0 Å². The van der Waals surface area contributed by atoms with Gasteiger partial charge in [0.2, 0.25) is 0 Å². The van der Waals surface area contributed by atoms with Gasteiger partial charge in [-0.15, -0.1) is 0 Å². The van der Waals surface area contributed by atoms with Gasteiger partial charge in [0.25, 0.3) is 0 Å². The molecule has 0 saturated carbocycles. The van der Waals surface area contributed by atoms with Gasteiger partial charge in [0.1, 0.15) is 12.4 Å². The van der Waals surface area contributed by atoms with Crippen LogP contribution in [0.2, 0.25) is 5.02 Å². The fraction of sp³-hybridized carbons (Fsp3) is 0.538. The van der Waals surface area contributed by atoms with Crippen LogP contribution in [0.5, 0.6) is 5.75 Å². The Morgan fingerprint density at radius 2 is 2.41 bits per heavy atom. The molecule has 0 bridgehead atoms. The minimum Gasteiger partial charge on any atom is -0.492 e. The summed E-state index contributed by atoms with van der Waals surface area (Å²) < 4.78 is 5.67. The van der Waals surface area contributed by atoms with Gasteiger partial charge in [0, 0.05) is 24.2 Å². The summed E-state index contributed by atoms with van der Waals surface area (Å²) in [5.74, 6) is 0.843. The lowest BCUT2D eigenvalue weighted by molar-refractivity contribution is 0.199. The van der Waals surface area contributed by atoms with E-state index in [1.807, 2.05) is 24.3 Å². The first-order valence-corrected chi connectivity index (χ1v) is 6.43. The Hall–Kier alpha value is -0.770. The summed E-state index contributed by atoms with van der Waals surface area (Å²) in [5, 5.41) is 4.09. The number of nitrogens with zero attached hydrogens (tertiary/aromatic N) is 1. The largest absolute Gasteiger partial charge is 0.492 e. The number of likely N-dealkylation sites (N-methyl/N-ethyl adjacent to an activating group) is 1. The Kier molecular flexibility index (Phi) is 4.66. The van der Waals surface area contributed by atoms with Gasteiger partial charge in [-0.05, 0) is 38.2 Å². The Morgan fingerprint density at radius 1 is 1.53 bits per heavy atom. The molecule has 1 aliphatic heterocycles. The lowest BCUT2D eigenvalue weighted by atomic mass is 10.2. The molecule has 17 heavy (non-hydrogen) atoms. The highest BCUT2D eigenvalue weighted by Gasteiger charge is 2.18. The van der Waals surface area contributed by atoms with E-state index in [1.54, 1.807) is 0 Å². The van der Waals surface area contributed by atoms with Crippen molar-refractivity contribution in [2.45, 2.75) is 12.5 Å². The van der Waals surface area contributed by atoms with E-state index in [-0.39, 0.29) is 0 Å². The van der Waals surface area contributed by atoms with Gasteiger partial charge in [-0.3, -0.25) is 4.90 Å². The molecule has 1 atom stereocenters. The first-order chi connectivity index (χ1) is 8.25. The van der Waals surface area contributed by atoms with Gasteiger partial charge >= 0.3 is 0 Å². The van der Waals surface area contributed by atoms with E-state index in [4.69, 9.17) is 16.3 Å². The van der Waals surface area contributed by atoms with Crippen molar-refractivity contribution in [3.05, 3.63) is 29.3 Å². The molecule has 1 heterocycles. The molecule has 4 heteroatoms. The molecule has 0 amide bonds. The number of hydrogen-bond donors (Lipinski definition) is 1. The number of ether oxygens (including phenoxy) is 1. The first kappa shape index (κ1) is 12.7. The average Bonchev–Trinajstić information content (AvgIpc) is 2.82. The molecule has 0 aromatic heterocycles. The fourth-order valence-electron chi connectivity index (χ4n) is 2.06. The van der Waals surface area contributed by atoms with Crippen molar-refractivity contribution in [2.24, 2.45) is 0 Å². The maximum Gasteiger partial charge on any atom is 0.120 e. The van der Waals surface area contributed by atoms with Crippen LogP contribution in [-0.2, 0) is 0 Å². The second kappa shape index (κ2) is 6.24. The van der Waals surface area contributed by atoms with Crippen molar-refractivity contribution < 1.29 is 4.74 Å². The monoisotopic (exact) mass is 254 g/mol. The molecule has 2 rings (SSSR count). The molecule has 1 aromatic rings. The van der Waals surface area contributed by atoms with Crippen LogP contribution in [0.25, 0.3) is 0 Å². The van der Waals surface area contributed by atoms with E-state index in [9.17, 15) is 0 Å². The summed E-state index contributed by atoms with van der Waals surface area (Å²) in [6.07, 6.45) is 1.23. The van der Waals surface area contributed by atoms with Gasteiger partial charge in [0.15, 0.2) is 0 Å². The lowest BCUT2D eigenvalue weighted by Crippen LogP contribution is -2.36. The molecule has 1 aromatic carbocycles. The summed E-state index contributed by atoms with van der Waals surface area (Å²) >= 11 is 5.89.